The number of nitrogens with zero attached hydrogens (tertiary/aromatic N) is 1. The Kier molecular flexibility index (Phi) is 4.66. The summed E-state index contributed by atoms with van der Waals surface area (Å²) in [6.07, 6.45) is 0. The highest BCUT2D eigenvalue weighted by Gasteiger charge is 2.18. The van der Waals surface area contributed by atoms with Gasteiger partial charge in [-0.15, -0.1) is 0 Å². The average Bonchev–Trinajstić information content (AvgIpc) is 2.26. The third kappa shape index (κ3) is 4.70. The molecule has 0 radical (unpaired) electrons. The van der Waals surface area contributed by atoms with Gasteiger partial charge in [-0.2, -0.15) is 0 Å². The Bertz CT molecular complexity index is 497. The second kappa shape index (κ2) is 5.83. The van der Waals surface area contributed by atoms with E-state index in [0.29, 0.717) is 16.5 Å². The number of nitro benzene ring substituents is 1. The smallest absolute Gasteiger partial charge is 0.296 e. The molecule has 0 aliphatic heterocycles. The summed E-state index contributed by atoms with van der Waals surface area (Å²) in [5.41, 5.74) is 0.0238. The summed E-state index contributed by atoms with van der Waals surface area (Å²) >= 11 is 5.12. The van der Waals surface area contributed by atoms with E-state index in [1.807, 2.05) is 20.8 Å². The molecule has 1 rings (SSSR count). The third-order valence-corrected chi connectivity index (χ3v) is 2.34. The number of rotatable bonds is 3. The van der Waals surface area contributed by atoms with Crippen LogP contribution in [0.1, 0.15) is 20.8 Å². The van der Waals surface area contributed by atoms with Crippen LogP contribution in [0.25, 0.3) is 0 Å². The Balaban J connectivity index is 2.95. The number of methoxy groups -OCH3 is 1. The Morgan fingerprint density at radius 3 is 2.53 bits per heavy atom. The van der Waals surface area contributed by atoms with E-state index >= 15 is 0 Å². The fraction of sp³-hybridized carbons (Fsp3) is 0.417. The number of hydrogen-bond donors (Lipinski definition) is 2. The fourth-order valence-electron chi connectivity index (χ4n) is 1.39. The van der Waals surface area contributed by atoms with Crippen molar-refractivity contribution in [3.05, 3.63) is 28.3 Å². The van der Waals surface area contributed by atoms with Crippen LogP contribution in [0.5, 0.6) is 5.75 Å². The van der Waals surface area contributed by atoms with Gasteiger partial charge in [0.05, 0.1) is 18.1 Å². The molecule has 0 atom stereocenters. The van der Waals surface area contributed by atoms with Crippen molar-refractivity contribution in [3.63, 3.8) is 0 Å². The van der Waals surface area contributed by atoms with E-state index in [2.05, 4.69) is 10.6 Å². The lowest BCUT2D eigenvalue weighted by atomic mass is 10.1. The summed E-state index contributed by atoms with van der Waals surface area (Å²) in [7, 11) is 1.46. The number of ether oxygens (including phenoxy) is 1. The number of thiocarbonyl (C=S) groups is 1. The van der Waals surface area contributed by atoms with Gasteiger partial charge in [0.25, 0.3) is 5.69 Å². The normalized spacial score (nSPS) is 10.7. The van der Waals surface area contributed by atoms with Gasteiger partial charge in [-0.3, -0.25) is 10.1 Å². The minimum absolute atomic E-state index is 0.0857. The molecule has 0 aromatic heterocycles. The van der Waals surface area contributed by atoms with E-state index in [4.69, 9.17) is 17.0 Å². The Hall–Kier alpha value is -1.89. The van der Waals surface area contributed by atoms with Crippen LogP contribution in [-0.4, -0.2) is 22.7 Å². The second-order valence-corrected chi connectivity index (χ2v) is 5.38. The fourth-order valence-corrected chi connectivity index (χ4v) is 1.81. The summed E-state index contributed by atoms with van der Waals surface area (Å²) in [4.78, 5) is 10.5. The van der Waals surface area contributed by atoms with Gasteiger partial charge in [0.2, 0.25) is 0 Å². The molecule has 0 spiro atoms. The van der Waals surface area contributed by atoms with E-state index in [9.17, 15) is 10.1 Å². The zero-order chi connectivity index (χ0) is 14.6. The second-order valence-electron chi connectivity index (χ2n) is 4.97. The molecule has 0 bridgehead atoms. The van der Waals surface area contributed by atoms with Gasteiger partial charge in [0, 0.05) is 5.54 Å². The van der Waals surface area contributed by atoms with Crippen LogP contribution in [0.15, 0.2) is 18.2 Å². The summed E-state index contributed by atoms with van der Waals surface area (Å²) in [5, 5.41) is 17.2. The topological polar surface area (TPSA) is 76.4 Å². The number of nitrogens with one attached hydrogen (secondary N) is 2. The van der Waals surface area contributed by atoms with Crippen molar-refractivity contribution in [2.24, 2.45) is 0 Å². The van der Waals surface area contributed by atoms with Gasteiger partial charge in [-0.1, -0.05) is 0 Å². The molecule has 1 aromatic rings. The van der Waals surface area contributed by atoms with Gasteiger partial charge < -0.3 is 15.4 Å². The summed E-state index contributed by atoms with van der Waals surface area (Å²) in [6.45, 7) is 5.84. The van der Waals surface area contributed by atoms with Crippen molar-refractivity contribution in [3.8, 4) is 5.75 Å². The molecule has 0 saturated heterocycles. The first-order valence-corrected chi connectivity index (χ1v) is 6.05. The van der Waals surface area contributed by atoms with Crippen LogP contribution in [0, 0.1) is 10.1 Å². The SMILES string of the molecule is COc1ccc(NC(=S)NC(C)(C)C)c([N+](=O)[O-])c1. The van der Waals surface area contributed by atoms with Crippen molar-refractivity contribution in [2.45, 2.75) is 26.3 Å². The standard InChI is InChI=1S/C12H17N3O3S/c1-12(2,3)14-11(19)13-9-6-5-8(18-4)7-10(9)15(16)17/h5-7H,1-4H3,(H2,13,14,19). The molecule has 0 heterocycles. The van der Waals surface area contributed by atoms with Gasteiger partial charge in [0.1, 0.15) is 11.4 Å². The van der Waals surface area contributed by atoms with Crippen molar-refractivity contribution in [2.75, 3.05) is 12.4 Å². The Morgan fingerprint density at radius 1 is 1.42 bits per heavy atom. The quantitative estimate of drug-likeness (QED) is 0.504. The first-order valence-electron chi connectivity index (χ1n) is 5.64. The minimum Gasteiger partial charge on any atom is -0.496 e. The molecule has 19 heavy (non-hydrogen) atoms. The van der Waals surface area contributed by atoms with Crippen molar-refractivity contribution < 1.29 is 9.66 Å². The molecule has 0 unspecified atom stereocenters. The molecule has 2 N–H and O–H groups in total. The number of nitro groups is 1. The lowest BCUT2D eigenvalue weighted by Gasteiger charge is -2.23. The Morgan fingerprint density at radius 2 is 2.05 bits per heavy atom. The van der Waals surface area contributed by atoms with Crippen LogP contribution >= 0.6 is 12.2 Å². The zero-order valence-electron chi connectivity index (χ0n) is 11.3. The highest BCUT2D eigenvalue weighted by Crippen LogP contribution is 2.28. The first-order chi connectivity index (χ1) is 8.73. The van der Waals surface area contributed by atoms with E-state index in [0.717, 1.165) is 0 Å². The van der Waals surface area contributed by atoms with E-state index in [-0.39, 0.29) is 11.2 Å². The maximum absolute atomic E-state index is 11.0. The maximum Gasteiger partial charge on any atom is 0.296 e. The largest absolute Gasteiger partial charge is 0.496 e. The van der Waals surface area contributed by atoms with E-state index in [1.54, 1.807) is 12.1 Å². The summed E-state index contributed by atoms with van der Waals surface area (Å²) in [6, 6.07) is 4.55. The maximum atomic E-state index is 11.0. The molecule has 6 nitrogen and oxygen atoms in total. The van der Waals surface area contributed by atoms with E-state index in [1.165, 1.54) is 13.2 Å². The Labute approximate surface area is 117 Å². The van der Waals surface area contributed by atoms with Gasteiger partial charge in [0.15, 0.2) is 5.11 Å². The molecule has 0 fully saturated rings. The van der Waals surface area contributed by atoms with Crippen molar-refractivity contribution >= 4 is 28.7 Å². The zero-order valence-corrected chi connectivity index (χ0v) is 12.1. The molecule has 0 aliphatic carbocycles. The molecule has 1 aromatic carbocycles. The van der Waals surface area contributed by atoms with Crippen LogP contribution in [-0.2, 0) is 0 Å². The monoisotopic (exact) mass is 283 g/mol. The molecule has 0 saturated carbocycles. The summed E-state index contributed by atoms with van der Waals surface area (Å²) in [5.74, 6) is 0.423. The van der Waals surface area contributed by atoms with Crippen LogP contribution < -0.4 is 15.4 Å². The van der Waals surface area contributed by atoms with Gasteiger partial charge >= 0.3 is 0 Å². The molecule has 0 aliphatic rings. The lowest BCUT2D eigenvalue weighted by molar-refractivity contribution is -0.384. The highest BCUT2D eigenvalue weighted by atomic mass is 32.1. The van der Waals surface area contributed by atoms with Crippen molar-refractivity contribution in [1.82, 2.24) is 5.32 Å². The first kappa shape index (κ1) is 15.2. The number of benzene rings is 1. The third-order valence-electron chi connectivity index (χ3n) is 2.14. The van der Waals surface area contributed by atoms with Crippen LogP contribution in [0.4, 0.5) is 11.4 Å². The highest BCUT2D eigenvalue weighted by molar-refractivity contribution is 7.80. The molecule has 7 heteroatoms. The van der Waals surface area contributed by atoms with Crippen LogP contribution in [0.2, 0.25) is 0 Å². The predicted molar refractivity (Wildman–Crippen MR) is 78.8 cm³/mol. The average molecular weight is 283 g/mol. The molecule has 104 valence electrons. The lowest BCUT2D eigenvalue weighted by Crippen LogP contribution is -2.43. The van der Waals surface area contributed by atoms with Gasteiger partial charge in [-0.05, 0) is 45.1 Å². The van der Waals surface area contributed by atoms with Crippen molar-refractivity contribution in [1.29, 1.82) is 0 Å². The molecular weight excluding hydrogens is 266 g/mol. The van der Waals surface area contributed by atoms with Gasteiger partial charge in [-0.25, -0.2) is 0 Å². The predicted octanol–water partition coefficient (Wildman–Crippen LogP) is 2.69. The van der Waals surface area contributed by atoms with E-state index < -0.39 is 4.92 Å². The minimum atomic E-state index is -0.482. The van der Waals surface area contributed by atoms with Crippen LogP contribution in [0.3, 0.4) is 0 Å². The molecular formula is C12H17N3O3S. The number of anilines is 1. The molecule has 0 amide bonds. The summed E-state index contributed by atoms with van der Waals surface area (Å²) < 4.78 is 4.96. The number of hydrogen-bond acceptors (Lipinski definition) is 4.